The summed E-state index contributed by atoms with van der Waals surface area (Å²) >= 11 is 0. The van der Waals surface area contributed by atoms with E-state index >= 15 is 0 Å². The standard InChI is InChI=1S/C9H16O3/c1-2-3-9-8-6-12-11-5-7(8)4-10-9/h7-9H,2-6H2,1H3. The van der Waals surface area contributed by atoms with Gasteiger partial charge in [-0.25, -0.2) is 9.78 Å². The SMILES string of the molecule is CCCC1OCC2COOCC21. The molecule has 3 nitrogen and oxygen atoms in total. The van der Waals surface area contributed by atoms with Crippen molar-refractivity contribution in [1.82, 2.24) is 0 Å². The highest BCUT2D eigenvalue weighted by molar-refractivity contribution is 4.84. The van der Waals surface area contributed by atoms with Gasteiger partial charge in [0.2, 0.25) is 0 Å². The lowest BCUT2D eigenvalue weighted by atomic mass is 9.90. The van der Waals surface area contributed by atoms with Crippen molar-refractivity contribution in [3.8, 4) is 0 Å². The predicted octanol–water partition coefficient (Wildman–Crippen LogP) is 1.38. The molecule has 12 heavy (non-hydrogen) atoms. The maximum absolute atomic E-state index is 5.68. The molecule has 0 saturated carbocycles. The fourth-order valence-electron chi connectivity index (χ4n) is 2.06. The molecule has 0 aromatic heterocycles. The first-order valence-electron chi connectivity index (χ1n) is 4.78. The summed E-state index contributed by atoms with van der Waals surface area (Å²) in [6, 6.07) is 0. The minimum Gasteiger partial charge on any atom is -0.377 e. The monoisotopic (exact) mass is 172 g/mol. The highest BCUT2D eigenvalue weighted by Gasteiger charge is 2.39. The fourth-order valence-corrected chi connectivity index (χ4v) is 2.06. The van der Waals surface area contributed by atoms with Gasteiger partial charge in [-0.2, -0.15) is 0 Å². The van der Waals surface area contributed by atoms with Crippen LogP contribution in [-0.4, -0.2) is 25.9 Å². The average molecular weight is 172 g/mol. The summed E-state index contributed by atoms with van der Waals surface area (Å²) < 4.78 is 5.68. The van der Waals surface area contributed by atoms with Crippen LogP contribution in [0.3, 0.4) is 0 Å². The van der Waals surface area contributed by atoms with Crippen molar-refractivity contribution in [2.24, 2.45) is 11.8 Å². The van der Waals surface area contributed by atoms with Gasteiger partial charge in [-0.15, -0.1) is 0 Å². The molecule has 3 atom stereocenters. The van der Waals surface area contributed by atoms with E-state index in [2.05, 4.69) is 6.92 Å². The molecule has 2 aliphatic rings. The third kappa shape index (κ3) is 1.49. The zero-order valence-corrected chi connectivity index (χ0v) is 7.49. The summed E-state index contributed by atoms with van der Waals surface area (Å²) in [4.78, 5) is 9.91. The van der Waals surface area contributed by atoms with Crippen molar-refractivity contribution in [3.05, 3.63) is 0 Å². The molecule has 2 heterocycles. The van der Waals surface area contributed by atoms with Crippen LogP contribution in [0.4, 0.5) is 0 Å². The van der Waals surface area contributed by atoms with Crippen molar-refractivity contribution in [2.45, 2.75) is 25.9 Å². The van der Waals surface area contributed by atoms with Crippen molar-refractivity contribution in [1.29, 1.82) is 0 Å². The van der Waals surface area contributed by atoms with E-state index in [9.17, 15) is 0 Å². The molecule has 3 heteroatoms. The van der Waals surface area contributed by atoms with Crippen molar-refractivity contribution in [3.63, 3.8) is 0 Å². The molecule has 0 amide bonds. The summed E-state index contributed by atoms with van der Waals surface area (Å²) in [5, 5.41) is 0. The normalized spacial score (nSPS) is 41.2. The molecular formula is C9H16O3. The van der Waals surface area contributed by atoms with Crippen LogP contribution >= 0.6 is 0 Å². The van der Waals surface area contributed by atoms with Crippen LogP contribution < -0.4 is 0 Å². The number of hydrogen-bond donors (Lipinski definition) is 0. The van der Waals surface area contributed by atoms with Gasteiger partial charge in [0.25, 0.3) is 0 Å². The Bertz CT molecular complexity index is 149. The lowest BCUT2D eigenvalue weighted by Gasteiger charge is -2.25. The van der Waals surface area contributed by atoms with Crippen LogP contribution in [0.1, 0.15) is 19.8 Å². The molecule has 0 N–H and O–H groups in total. The second kappa shape index (κ2) is 3.73. The zero-order chi connectivity index (χ0) is 8.39. The van der Waals surface area contributed by atoms with E-state index in [0.29, 0.717) is 24.5 Å². The Labute approximate surface area is 72.9 Å². The first kappa shape index (κ1) is 8.48. The molecule has 0 spiro atoms. The van der Waals surface area contributed by atoms with Crippen LogP contribution in [0.15, 0.2) is 0 Å². The van der Waals surface area contributed by atoms with Crippen molar-refractivity contribution in [2.75, 3.05) is 19.8 Å². The Morgan fingerprint density at radius 3 is 2.83 bits per heavy atom. The Morgan fingerprint density at radius 2 is 2.00 bits per heavy atom. The van der Waals surface area contributed by atoms with Crippen LogP contribution in [-0.2, 0) is 14.5 Å². The lowest BCUT2D eigenvalue weighted by Crippen LogP contribution is -2.32. The topological polar surface area (TPSA) is 27.7 Å². The average Bonchev–Trinajstić information content (AvgIpc) is 2.50. The van der Waals surface area contributed by atoms with E-state index in [1.807, 2.05) is 0 Å². The second-order valence-electron chi connectivity index (χ2n) is 3.65. The van der Waals surface area contributed by atoms with E-state index in [0.717, 1.165) is 19.6 Å². The van der Waals surface area contributed by atoms with Crippen LogP contribution in [0.5, 0.6) is 0 Å². The number of ether oxygens (including phenoxy) is 1. The van der Waals surface area contributed by atoms with Gasteiger partial charge in [0.15, 0.2) is 0 Å². The number of rotatable bonds is 2. The molecule has 2 saturated heterocycles. The summed E-state index contributed by atoms with van der Waals surface area (Å²) in [6.45, 7) is 4.48. The predicted molar refractivity (Wildman–Crippen MR) is 43.5 cm³/mol. The largest absolute Gasteiger partial charge is 0.377 e. The second-order valence-corrected chi connectivity index (χ2v) is 3.65. The molecule has 0 radical (unpaired) electrons. The lowest BCUT2D eigenvalue weighted by molar-refractivity contribution is -0.334. The highest BCUT2D eigenvalue weighted by atomic mass is 17.2. The molecule has 70 valence electrons. The van der Waals surface area contributed by atoms with Gasteiger partial charge in [0.05, 0.1) is 25.9 Å². The summed E-state index contributed by atoms with van der Waals surface area (Å²) in [7, 11) is 0. The molecule has 0 aromatic rings. The van der Waals surface area contributed by atoms with Crippen molar-refractivity contribution >= 4 is 0 Å². The van der Waals surface area contributed by atoms with Crippen LogP contribution in [0.25, 0.3) is 0 Å². The molecule has 2 fully saturated rings. The number of hydrogen-bond acceptors (Lipinski definition) is 3. The van der Waals surface area contributed by atoms with E-state index < -0.39 is 0 Å². The van der Waals surface area contributed by atoms with E-state index in [4.69, 9.17) is 14.5 Å². The third-order valence-corrected chi connectivity index (χ3v) is 2.81. The maximum atomic E-state index is 5.68. The Morgan fingerprint density at radius 1 is 1.17 bits per heavy atom. The van der Waals surface area contributed by atoms with Crippen LogP contribution in [0.2, 0.25) is 0 Å². The summed E-state index contributed by atoms with van der Waals surface area (Å²) in [5.41, 5.74) is 0. The molecule has 2 rings (SSSR count). The Balaban J connectivity index is 1.92. The molecular weight excluding hydrogens is 156 g/mol. The van der Waals surface area contributed by atoms with Crippen LogP contribution in [0, 0.1) is 11.8 Å². The van der Waals surface area contributed by atoms with Gasteiger partial charge in [-0.3, -0.25) is 0 Å². The van der Waals surface area contributed by atoms with Gasteiger partial charge in [0, 0.05) is 11.8 Å². The van der Waals surface area contributed by atoms with Gasteiger partial charge in [-0.1, -0.05) is 13.3 Å². The molecule has 3 unspecified atom stereocenters. The molecule has 2 aliphatic heterocycles. The first-order chi connectivity index (χ1) is 5.92. The highest BCUT2D eigenvalue weighted by Crippen LogP contribution is 2.32. The van der Waals surface area contributed by atoms with Gasteiger partial charge in [-0.05, 0) is 6.42 Å². The summed E-state index contributed by atoms with van der Waals surface area (Å²) in [5.74, 6) is 1.16. The fraction of sp³-hybridized carbons (Fsp3) is 1.00. The van der Waals surface area contributed by atoms with Crippen molar-refractivity contribution < 1.29 is 14.5 Å². The maximum Gasteiger partial charge on any atom is 0.0879 e. The quantitative estimate of drug-likeness (QED) is 0.589. The van der Waals surface area contributed by atoms with E-state index in [1.165, 1.54) is 6.42 Å². The minimum absolute atomic E-state index is 0.420. The Hall–Kier alpha value is -0.120. The minimum atomic E-state index is 0.420. The molecule has 0 bridgehead atoms. The molecule has 0 aromatic carbocycles. The first-order valence-corrected chi connectivity index (χ1v) is 4.78. The number of fused-ring (bicyclic) bond motifs is 1. The van der Waals surface area contributed by atoms with E-state index in [1.54, 1.807) is 0 Å². The van der Waals surface area contributed by atoms with Gasteiger partial charge >= 0.3 is 0 Å². The zero-order valence-electron chi connectivity index (χ0n) is 7.49. The Kier molecular flexibility index (Phi) is 2.63. The smallest absolute Gasteiger partial charge is 0.0879 e. The van der Waals surface area contributed by atoms with E-state index in [-0.39, 0.29) is 0 Å². The summed E-state index contributed by atoms with van der Waals surface area (Å²) in [6.07, 6.45) is 2.77. The molecule has 0 aliphatic carbocycles. The van der Waals surface area contributed by atoms with Gasteiger partial charge < -0.3 is 4.74 Å². The third-order valence-electron chi connectivity index (χ3n) is 2.81. The van der Waals surface area contributed by atoms with Gasteiger partial charge in [0.1, 0.15) is 0 Å².